The Morgan fingerprint density at radius 2 is 0.750 bits per heavy atom. The summed E-state index contributed by atoms with van der Waals surface area (Å²) < 4.78 is 62.4. The van der Waals surface area contributed by atoms with Crippen LogP contribution in [0.2, 0.25) is 0 Å². The molecule has 0 heterocycles. The second-order valence-electron chi connectivity index (χ2n) is 11.5. The van der Waals surface area contributed by atoms with E-state index in [0.29, 0.717) is 10.6 Å². The maximum atomic E-state index is 16.1. The van der Waals surface area contributed by atoms with Gasteiger partial charge in [0.2, 0.25) is 0 Å². The second kappa shape index (κ2) is 8.81. The molecule has 0 saturated heterocycles. The Morgan fingerprint density at radius 3 is 1.16 bits per heavy atom. The fourth-order valence-electron chi connectivity index (χ4n) is 7.37. The maximum Gasteiger partial charge on any atom is 0.170 e. The molecule has 9 aromatic carbocycles. The molecule has 0 aliphatic rings. The van der Waals surface area contributed by atoms with E-state index >= 15 is 17.6 Å². The normalized spacial score (nSPS) is 12.6. The third-order valence-electron chi connectivity index (χ3n) is 9.30. The van der Waals surface area contributed by atoms with Gasteiger partial charge in [0.05, 0.1) is 5.30 Å². The van der Waals surface area contributed by atoms with Gasteiger partial charge in [0, 0.05) is 6.07 Å². The molecule has 0 atom stereocenters. The van der Waals surface area contributed by atoms with Crippen molar-refractivity contribution in [3.63, 3.8) is 0 Å². The Hall–Kier alpha value is -4.92. The van der Waals surface area contributed by atoms with Crippen LogP contribution in [0.3, 0.4) is 0 Å². The minimum Gasteiger partial charge on any atom is -0.204 e. The quantitative estimate of drug-likeness (QED) is 0.0825. The summed E-state index contributed by atoms with van der Waals surface area (Å²) in [5, 5.41) is 11.9. The van der Waals surface area contributed by atoms with Crippen molar-refractivity contribution in [2.24, 2.45) is 0 Å². The van der Waals surface area contributed by atoms with Crippen molar-refractivity contribution in [1.82, 2.24) is 0 Å². The fraction of sp³-hybridized carbons (Fsp3) is 0. The molecule has 0 unspecified atom stereocenters. The van der Waals surface area contributed by atoms with Crippen LogP contribution in [0.4, 0.5) is 17.6 Å². The minimum atomic E-state index is -3.65. The number of hydrogen-bond donors (Lipinski definition) is 0. The first-order chi connectivity index (χ1) is 21.4. The topological polar surface area (TPSA) is 0 Å². The van der Waals surface area contributed by atoms with E-state index in [4.69, 9.17) is 0 Å². The summed E-state index contributed by atoms with van der Waals surface area (Å²) in [5.74, 6) is -5.71. The molecule has 0 bridgehead atoms. The monoisotopic (exact) mass is 596 g/mol. The van der Waals surface area contributed by atoms with Crippen LogP contribution in [0.25, 0.3) is 64.6 Å². The Balaban J connectivity index is 1.51. The van der Waals surface area contributed by atoms with E-state index in [0.717, 1.165) is 64.6 Å². The van der Waals surface area contributed by atoms with Crippen molar-refractivity contribution in [2.75, 3.05) is 0 Å². The van der Waals surface area contributed by atoms with Crippen molar-refractivity contribution < 1.29 is 17.6 Å². The Bertz CT molecular complexity index is 2480. The van der Waals surface area contributed by atoms with Gasteiger partial charge in [-0.3, -0.25) is 0 Å². The number of rotatable bonds is 3. The van der Waals surface area contributed by atoms with Crippen molar-refractivity contribution in [2.45, 2.75) is 0 Å². The van der Waals surface area contributed by atoms with E-state index in [2.05, 4.69) is 18.4 Å². The lowest BCUT2D eigenvalue weighted by Gasteiger charge is -2.31. The van der Waals surface area contributed by atoms with Gasteiger partial charge >= 0.3 is 0 Å². The predicted molar refractivity (Wildman–Crippen MR) is 180 cm³/mol. The molecule has 0 N–H and O–H groups in total. The smallest absolute Gasteiger partial charge is 0.170 e. The maximum absolute atomic E-state index is 16.1. The van der Waals surface area contributed by atoms with Gasteiger partial charge in [-0.2, -0.15) is 0 Å². The van der Waals surface area contributed by atoms with Gasteiger partial charge in [-0.15, -0.1) is 0 Å². The molecule has 0 radical (unpaired) electrons. The second-order valence-corrected chi connectivity index (χ2v) is 14.5. The Kier molecular flexibility index (Phi) is 5.12. The highest BCUT2D eigenvalue weighted by Gasteiger charge is 2.35. The molecule has 210 valence electrons. The van der Waals surface area contributed by atoms with Gasteiger partial charge in [0.1, 0.15) is 0 Å². The highest BCUT2D eigenvalue weighted by atomic mass is 31.2. The molecule has 0 saturated carbocycles. The molecule has 5 heteroatoms. The van der Waals surface area contributed by atoms with Gasteiger partial charge in [-0.1, -0.05) is 115 Å². The molecule has 0 aliphatic carbocycles. The number of halogens is 4. The van der Waals surface area contributed by atoms with Gasteiger partial charge in [-0.05, 0) is 82.1 Å². The zero-order valence-corrected chi connectivity index (χ0v) is 24.0. The highest BCUT2D eigenvalue weighted by Crippen LogP contribution is 2.50. The van der Waals surface area contributed by atoms with Crippen LogP contribution < -0.4 is 15.9 Å². The lowest BCUT2D eigenvalue weighted by molar-refractivity contribution is 0.463. The van der Waals surface area contributed by atoms with Crippen molar-refractivity contribution in [1.29, 1.82) is 0 Å². The van der Waals surface area contributed by atoms with Crippen LogP contribution >= 0.6 is 6.89 Å². The molecule has 9 aromatic rings. The number of benzene rings is 9. The summed E-state index contributed by atoms with van der Waals surface area (Å²) in [4.78, 5) is 0. The zero-order chi connectivity index (χ0) is 29.9. The summed E-state index contributed by atoms with van der Waals surface area (Å²) in [6.45, 7) is -3.65. The van der Waals surface area contributed by atoms with Crippen molar-refractivity contribution in [3.8, 4) is 0 Å². The highest BCUT2D eigenvalue weighted by molar-refractivity contribution is 7.94. The van der Waals surface area contributed by atoms with E-state index in [9.17, 15) is 0 Å². The van der Waals surface area contributed by atoms with E-state index in [1.165, 1.54) is 0 Å². The standard InChI is InChI=1S/C39H21F4P/c1-44(39-37(42)29(40)20-30(41)38(39)43,31-18-14-25-10-8-21-4-2-6-23-12-16-27(31)35(25)33(21)23)32-19-15-26-11-9-22-5-3-7-24-13-17-28(32)36(26)34(22)24/h2-20H,1H2. The summed E-state index contributed by atoms with van der Waals surface area (Å²) in [7, 11) is 0. The molecule has 0 aromatic heterocycles. The molecular weight excluding hydrogens is 575 g/mol. The Morgan fingerprint density at radius 1 is 0.409 bits per heavy atom. The van der Waals surface area contributed by atoms with Gasteiger partial charge in [-0.25, -0.2) is 17.6 Å². The van der Waals surface area contributed by atoms with Crippen LogP contribution in [0, 0.1) is 23.3 Å². The van der Waals surface area contributed by atoms with Crippen molar-refractivity contribution >= 4 is 93.7 Å². The average molecular weight is 597 g/mol. The lowest BCUT2D eigenvalue weighted by Crippen LogP contribution is -2.32. The Labute approximate surface area is 249 Å². The minimum absolute atomic E-state index is 0.271. The van der Waals surface area contributed by atoms with E-state index in [1.807, 2.05) is 97.1 Å². The van der Waals surface area contributed by atoms with E-state index < -0.39 is 35.5 Å². The molecule has 44 heavy (non-hydrogen) atoms. The lowest BCUT2D eigenvalue weighted by atomic mass is 9.94. The van der Waals surface area contributed by atoms with Crippen LogP contribution in [0.15, 0.2) is 115 Å². The fourth-order valence-corrected chi connectivity index (χ4v) is 10.9. The van der Waals surface area contributed by atoms with Crippen LogP contribution in [-0.2, 0) is 0 Å². The van der Waals surface area contributed by atoms with Crippen LogP contribution in [0.5, 0.6) is 0 Å². The van der Waals surface area contributed by atoms with E-state index in [1.54, 1.807) is 0 Å². The molecular formula is C39H21F4P. The van der Waals surface area contributed by atoms with Crippen LogP contribution in [-0.4, -0.2) is 6.30 Å². The first kappa shape index (κ1) is 25.6. The average Bonchev–Trinajstić information content (AvgIpc) is 3.05. The number of hydrogen-bond acceptors (Lipinski definition) is 0. The molecule has 0 amide bonds. The molecule has 0 spiro atoms. The van der Waals surface area contributed by atoms with Crippen molar-refractivity contribution in [3.05, 3.63) is 139 Å². The predicted octanol–water partition coefficient (Wildman–Crippen LogP) is 9.76. The largest absolute Gasteiger partial charge is 0.204 e. The van der Waals surface area contributed by atoms with Crippen LogP contribution in [0.1, 0.15) is 0 Å². The van der Waals surface area contributed by atoms with Gasteiger partial charge < -0.3 is 0 Å². The first-order valence-electron chi connectivity index (χ1n) is 14.3. The summed E-state index contributed by atoms with van der Waals surface area (Å²) in [5.41, 5.74) is 0. The van der Waals surface area contributed by atoms with Gasteiger partial charge in [0.15, 0.2) is 23.3 Å². The van der Waals surface area contributed by atoms with E-state index in [-0.39, 0.29) is 6.07 Å². The van der Waals surface area contributed by atoms with Gasteiger partial charge in [0.25, 0.3) is 0 Å². The first-order valence-corrected chi connectivity index (χ1v) is 16.2. The molecule has 0 aliphatic heterocycles. The molecule has 0 nitrogen and oxygen atoms in total. The zero-order valence-electron chi connectivity index (χ0n) is 23.1. The third-order valence-corrected chi connectivity index (χ3v) is 12.9. The SMILES string of the molecule is C=P(c1c(F)c(F)cc(F)c1F)(c1ccc2ccc3cccc4ccc1c2c34)c1ccc2ccc3cccc4ccc1c2c34. The summed E-state index contributed by atoms with van der Waals surface area (Å²) in [6.07, 6.45) is 4.65. The summed E-state index contributed by atoms with van der Waals surface area (Å²) in [6, 6.07) is 35.9. The molecule has 9 rings (SSSR count). The third kappa shape index (κ3) is 3.19. The summed E-state index contributed by atoms with van der Waals surface area (Å²) >= 11 is 0. The molecule has 0 fully saturated rings.